The van der Waals surface area contributed by atoms with Crippen molar-refractivity contribution in [2.24, 2.45) is 23.7 Å². The Hall–Kier alpha value is -2.76. The first kappa shape index (κ1) is 23.4. The fourth-order valence-electron chi connectivity index (χ4n) is 5.32. The molecule has 6 nitrogen and oxygen atoms in total. The first-order valence-electron chi connectivity index (χ1n) is 11.6. The Balaban J connectivity index is 1.48. The normalized spacial score (nSPS) is 24.0. The third-order valence-corrected chi connectivity index (χ3v) is 7.40. The molecule has 1 aromatic rings. The molecule has 2 heterocycles. The van der Waals surface area contributed by atoms with Gasteiger partial charge >= 0.3 is 6.18 Å². The summed E-state index contributed by atoms with van der Waals surface area (Å²) in [5, 5.41) is 11.8. The molecule has 2 aliphatic heterocycles. The van der Waals surface area contributed by atoms with E-state index in [0.717, 1.165) is 31.7 Å². The zero-order valence-electron chi connectivity index (χ0n) is 18.7. The van der Waals surface area contributed by atoms with E-state index in [1.54, 1.807) is 13.1 Å². The quantitative estimate of drug-likeness (QED) is 0.728. The summed E-state index contributed by atoms with van der Waals surface area (Å²) in [6.45, 7) is 2.14. The Kier molecular flexibility index (Phi) is 6.55. The Morgan fingerprint density at radius 2 is 1.85 bits per heavy atom. The van der Waals surface area contributed by atoms with Gasteiger partial charge in [0.2, 0.25) is 11.8 Å². The van der Waals surface area contributed by atoms with Crippen molar-refractivity contribution in [1.29, 1.82) is 5.26 Å². The molecule has 4 rings (SSSR count). The molecule has 0 unspecified atom stereocenters. The van der Waals surface area contributed by atoms with Gasteiger partial charge < -0.3 is 15.1 Å². The van der Waals surface area contributed by atoms with E-state index in [2.05, 4.69) is 5.32 Å². The summed E-state index contributed by atoms with van der Waals surface area (Å²) in [7, 11) is 1.57. The van der Waals surface area contributed by atoms with Gasteiger partial charge in [-0.1, -0.05) is 0 Å². The van der Waals surface area contributed by atoms with Gasteiger partial charge in [0.25, 0.3) is 0 Å². The Morgan fingerprint density at radius 3 is 2.42 bits per heavy atom. The molecule has 1 saturated carbocycles. The number of hydrogen-bond donors (Lipinski definition) is 1. The van der Waals surface area contributed by atoms with E-state index in [1.807, 2.05) is 9.80 Å². The minimum atomic E-state index is -4.62. The van der Waals surface area contributed by atoms with Gasteiger partial charge in [-0.25, -0.2) is 0 Å². The number of likely N-dealkylation sites (tertiary alicyclic amines) is 1. The molecule has 9 heteroatoms. The third-order valence-electron chi connectivity index (χ3n) is 7.40. The largest absolute Gasteiger partial charge is 0.417 e. The second-order valence-corrected chi connectivity index (χ2v) is 9.49. The highest BCUT2D eigenvalue weighted by Gasteiger charge is 2.43. The SMILES string of the molecule is CNC(=O)[C@@H]1CN(c2ccc(C#N)c(C(F)(F)F)c2)C[C@H]1C1CCN(C(=O)CC2CC2)CC1. The van der Waals surface area contributed by atoms with Gasteiger partial charge in [-0.15, -0.1) is 0 Å². The molecule has 3 aliphatic rings. The highest BCUT2D eigenvalue weighted by Crippen LogP contribution is 2.40. The summed E-state index contributed by atoms with van der Waals surface area (Å²) in [5.74, 6) is 0.533. The number of anilines is 1. The number of halogens is 3. The van der Waals surface area contributed by atoms with Crippen LogP contribution in [0, 0.1) is 35.0 Å². The summed E-state index contributed by atoms with van der Waals surface area (Å²) in [4.78, 5) is 28.8. The zero-order valence-corrected chi connectivity index (χ0v) is 18.7. The first-order chi connectivity index (χ1) is 15.7. The average molecular weight is 463 g/mol. The summed E-state index contributed by atoms with van der Waals surface area (Å²) in [6.07, 6.45) is -0.130. The Labute approximate surface area is 191 Å². The van der Waals surface area contributed by atoms with E-state index in [9.17, 15) is 22.8 Å². The summed E-state index contributed by atoms with van der Waals surface area (Å²) < 4.78 is 40.3. The molecule has 1 N–H and O–H groups in total. The number of nitrogens with zero attached hydrogens (tertiary/aromatic N) is 3. The van der Waals surface area contributed by atoms with Crippen LogP contribution in [0.4, 0.5) is 18.9 Å². The molecule has 2 atom stereocenters. The molecular weight excluding hydrogens is 433 g/mol. The van der Waals surface area contributed by atoms with E-state index in [0.29, 0.717) is 44.2 Å². The van der Waals surface area contributed by atoms with Gasteiger partial charge in [-0.3, -0.25) is 9.59 Å². The van der Waals surface area contributed by atoms with Crippen molar-refractivity contribution in [3.8, 4) is 6.07 Å². The van der Waals surface area contributed by atoms with Crippen LogP contribution >= 0.6 is 0 Å². The number of amides is 2. The van der Waals surface area contributed by atoms with Crippen LogP contribution in [-0.4, -0.2) is 49.9 Å². The average Bonchev–Trinajstić information content (AvgIpc) is 3.51. The van der Waals surface area contributed by atoms with E-state index < -0.39 is 17.3 Å². The van der Waals surface area contributed by atoms with Gasteiger partial charge in [-0.2, -0.15) is 18.4 Å². The smallest absolute Gasteiger partial charge is 0.370 e. The molecule has 0 aromatic heterocycles. The predicted molar refractivity (Wildman–Crippen MR) is 116 cm³/mol. The van der Waals surface area contributed by atoms with Crippen molar-refractivity contribution in [1.82, 2.24) is 10.2 Å². The fourth-order valence-corrected chi connectivity index (χ4v) is 5.32. The van der Waals surface area contributed by atoms with Gasteiger partial charge in [0, 0.05) is 45.3 Å². The number of alkyl halides is 3. The van der Waals surface area contributed by atoms with Crippen LogP contribution in [0.15, 0.2) is 18.2 Å². The predicted octanol–water partition coefficient (Wildman–Crippen LogP) is 3.41. The van der Waals surface area contributed by atoms with Crippen molar-refractivity contribution < 1.29 is 22.8 Å². The minimum absolute atomic E-state index is 0.00406. The highest BCUT2D eigenvalue weighted by atomic mass is 19.4. The van der Waals surface area contributed by atoms with Crippen LogP contribution in [0.3, 0.4) is 0 Å². The van der Waals surface area contributed by atoms with Crippen LogP contribution < -0.4 is 10.2 Å². The van der Waals surface area contributed by atoms with E-state index in [1.165, 1.54) is 12.1 Å². The minimum Gasteiger partial charge on any atom is -0.370 e. The number of benzene rings is 1. The van der Waals surface area contributed by atoms with Gasteiger partial charge in [0.1, 0.15) is 0 Å². The first-order valence-corrected chi connectivity index (χ1v) is 11.6. The zero-order chi connectivity index (χ0) is 23.8. The van der Waals surface area contributed by atoms with E-state index in [-0.39, 0.29) is 29.6 Å². The fraction of sp³-hybridized carbons (Fsp3) is 0.625. The molecule has 1 aliphatic carbocycles. The highest BCUT2D eigenvalue weighted by molar-refractivity contribution is 5.80. The molecule has 0 bridgehead atoms. The molecule has 3 fully saturated rings. The standard InChI is InChI=1S/C24H29F3N4O2/c1-29-23(33)20-14-31(18-5-4-17(12-28)21(11-18)24(25,26)27)13-19(20)16-6-8-30(9-7-16)22(32)10-15-2-3-15/h4-5,11,15-16,19-20H,2-3,6-10,13-14H2,1H3,(H,29,33)/t19-,20+/m0/s1. The molecular formula is C24H29F3N4O2. The summed E-state index contributed by atoms with van der Waals surface area (Å²) in [5.41, 5.74) is -0.993. The number of piperidine rings is 1. The molecule has 0 spiro atoms. The number of nitriles is 1. The monoisotopic (exact) mass is 462 g/mol. The topological polar surface area (TPSA) is 76.4 Å². The number of nitrogens with one attached hydrogen (secondary N) is 1. The van der Waals surface area contributed by atoms with Crippen LogP contribution in [-0.2, 0) is 15.8 Å². The third kappa shape index (κ3) is 5.10. The second-order valence-electron chi connectivity index (χ2n) is 9.49. The Morgan fingerprint density at radius 1 is 1.15 bits per heavy atom. The van der Waals surface area contributed by atoms with Crippen LogP contribution in [0.2, 0.25) is 0 Å². The summed E-state index contributed by atoms with van der Waals surface area (Å²) in [6, 6.07) is 5.35. The van der Waals surface area contributed by atoms with Gasteiger partial charge in [0.15, 0.2) is 0 Å². The van der Waals surface area contributed by atoms with E-state index in [4.69, 9.17) is 5.26 Å². The van der Waals surface area contributed by atoms with Crippen LogP contribution in [0.1, 0.15) is 43.2 Å². The van der Waals surface area contributed by atoms with Crippen molar-refractivity contribution in [3.63, 3.8) is 0 Å². The van der Waals surface area contributed by atoms with Crippen molar-refractivity contribution >= 4 is 17.5 Å². The maximum absolute atomic E-state index is 13.4. The van der Waals surface area contributed by atoms with Gasteiger partial charge in [-0.05, 0) is 61.6 Å². The molecule has 1 aromatic carbocycles. The number of carbonyl (C=O) groups is 2. The second kappa shape index (κ2) is 9.24. The molecule has 178 valence electrons. The Bertz CT molecular complexity index is 946. The number of rotatable bonds is 5. The van der Waals surface area contributed by atoms with Gasteiger partial charge in [0.05, 0.1) is 23.1 Å². The van der Waals surface area contributed by atoms with Crippen LogP contribution in [0.5, 0.6) is 0 Å². The van der Waals surface area contributed by atoms with Crippen LogP contribution in [0.25, 0.3) is 0 Å². The lowest BCUT2D eigenvalue weighted by atomic mass is 9.78. The molecule has 2 amide bonds. The molecule has 2 saturated heterocycles. The van der Waals surface area contributed by atoms with Crippen molar-refractivity contribution in [2.75, 3.05) is 38.1 Å². The lowest BCUT2D eigenvalue weighted by Gasteiger charge is -2.36. The molecule has 0 radical (unpaired) electrons. The maximum Gasteiger partial charge on any atom is 0.417 e. The maximum atomic E-state index is 13.4. The number of hydrogen-bond acceptors (Lipinski definition) is 4. The summed E-state index contributed by atoms with van der Waals surface area (Å²) >= 11 is 0. The lowest BCUT2D eigenvalue weighted by Crippen LogP contribution is -2.43. The lowest BCUT2D eigenvalue weighted by molar-refractivity contribution is -0.137. The molecule has 33 heavy (non-hydrogen) atoms. The van der Waals surface area contributed by atoms with Crippen molar-refractivity contribution in [2.45, 2.75) is 38.3 Å². The van der Waals surface area contributed by atoms with E-state index >= 15 is 0 Å². The van der Waals surface area contributed by atoms with Crippen molar-refractivity contribution in [3.05, 3.63) is 29.3 Å². The number of carbonyl (C=O) groups excluding carboxylic acids is 2.